The van der Waals surface area contributed by atoms with Gasteiger partial charge in [-0.15, -0.1) is 0 Å². The Labute approximate surface area is 181 Å². The lowest BCUT2D eigenvalue weighted by atomic mass is 9.80. The van der Waals surface area contributed by atoms with E-state index >= 15 is 0 Å². The minimum atomic E-state index is -0.793. The quantitative estimate of drug-likeness (QED) is 0.266. The van der Waals surface area contributed by atoms with Gasteiger partial charge in [0, 0.05) is 37.7 Å². The van der Waals surface area contributed by atoms with Crippen LogP contribution in [0.15, 0.2) is 46.8 Å². The molecule has 31 heavy (non-hydrogen) atoms. The van der Waals surface area contributed by atoms with Crippen molar-refractivity contribution in [2.75, 3.05) is 27.4 Å². The molecule has 1 aromatic rings. The topological polar surface area (TPSA) is 108 Å². The van der Waals surface area contributed by atoms with Gasteiger partial charge in [0.15, 0.2) is 0 Å². The van der Waals surface area contributed by atoms with Gasteiger partial charge in [-0.05, 0) is 33.3 Å². The van der Waals surface area contributed by atoms with Crippen LogP contribution in [0.2, 0.25) is 0 Å². The number of methoxy groups -OCH3 is 1. The minimum absolute atomic E-state index is 0.0529. The first-order valence-electron chi connectivity index (χ1n) is 9.86. The number of carbonyl (C=O) groups excluding carboxylic acids is 2. The lowest BCUT2D eigenvalue weighted by Crippen LogP contribution is -2.34. The molecule has 0 spiro atoms. The number of hydrogen-bond donors (Lipinski definition) is 0. The molecule has 1 atom stereocenters. The first-order valence-corrected chi connectivity index (χ1v) is 9.86. The molecule has 0 fully saturated rings. The molecule has 0 N–H and O–H groups in total. The number of esters is 2. The molecule has 0 radical (unpaired) electrons. The molecule has 9 heteroatoms. The number of carbonyl (C=O) groups is 2. The summed E-state index contributed by atoms with van der Waals surface area (Å²) < 4.78 is 15.8. The zero-order valence-corrected chi connectivity index (χ0v) is 18.6. The highest BCUT2D eigenvalue weighted by Crippen LogP contribution is 2.42. The average Bonchev–Trinajstić information content (AvgIpc) is 2.71. The van der Waals surface area contributed by atoms with E-state index in [1.165, 1.54) is 19.2 Å². The van der Waals surface area contributed by atoms with Crippen molar-refractivity contribution in [2.45, 2.75) is 39.7 Å². The van der Waals surface area contributed by atoms with Gasteiger partial charge in [-0.25, -0.2) is 9.59 Å². The molecule has 0 saturated heterocycles. The second-order valence-corrected chi connectivity index (χ2v) is 7.42. The summed E-state index contributed by atoms with van der Waals surface area (Å²) in [5.41, 5.74) is 2.26. The van der Waals surface area contributed by atoms with Gasteiger partial charge < -0.3 is 19.1 Å². The molecule has 1 heterocycles. The highest BCUT2D eigenvalue weighted by molar-refractivity contribution is 6.00. The highest BCUT2D eigenvalue weighted by Gasteiger charge is 2.40. The Kier molecular flexibility index (Phi) is 7.93. The monoisotopic (exact) mass is 432 g/mol. The summed E-state index contributed by atoms with van der Waals surface area (Å²) in [5, 5.41) is 11.1. The molecule has 1 aromatic carbocycles. The molecule has 0 aliphatic carbocycles. The van der Waals surface area contributed by atoms with E-state index in [0.717, 1.165) is 0 Å². The molecule has 0 amide bonds. The molecule has 168 valence electrons. The van der Waals surface area contributed by atoms with Gasteiger partial charge in [0.05, 0.1) is 34.7 Å². The van der Waals surface area contributed by atoms with Crippen LogP contribution in [0.1, 0.15) is 39.2 Å². The molecule has 0 saturated carbocycles. The Morgan fingerprint density at radius 3 is 2.10 bits per heavy atom. The summed E-state index contributed by atoms with van der Waals surface area (Å²) in [6.07, 6.45) is -0.361. The molecular formula is C22H28N2O7. The van der Waals surface area contributed by atoms with Crippen LogP contribution in [-0.4, -0.2) is 55.2 Å². The standard InChI is InChI=1S/C22H28N2O7/c1-13(2)31-22(26)19-15(4)23(5)14(3)18(21(25)30-12-11-29-6)20(19)16-7-9-17(10-8-16)24(27)28/h7-10,13,20H,11-12H2,1-6H3. The maximum absolute atomic E-state index is 13.0. The van der Waals surface area contributed by atoms with Crippen LogP contribution in [0.5, 0.6) is 0 Å². The number of nitro benzene ring substituents is 1. The fraction of sp³-hybridized carbons (Fsp3) is 0.455. The summed E-state index contributed by atoms with van der Waals surface area (Å²) in [4.78, 5) is 38.4. The maximum Gasteiger partial charge on any atom is 0.337 e. The number of benzene rings is 1. The van der Waals surface area contributed by atoms with Crippen molar-refractivity contribution < 1.29 is 28.7 Å². The van der Waals surface area contributed by atoms with E-state index in [1.807, 2.05) is 0 Å². The zero-order chi connectivity index (χ0) is 23.3. The van der Waals surface area contributed by atoms with Crippen molar-refractivity contribution in [3.05, 3.63) is 62.5 Å². The smallest absolute Gasteiger partial charge is 0.337 e. The van der Waals surface area contributed by atoms with Crippen LogP contribution in [0.3, 0.4) is 0 Å². The Hall–Kier alpha value is -3.20. The predicted molar refractivity (Wildman–Crippen MR) is 113 cm³/mol. The van der Waals surface area contributed by atoms with E-state index in [2.05, 4.69) is 0 Å². The molecule has 2 rings (SSSR count). The van der Waals surface area contributed by atoms with Crippen LogP contribution < -0.4 is 0 Å². The van der Waals surface area contributed by atoms with E-state index in [1.54, 1.807) is 51.8 Å². The summed E-state index contributed by atoms with van der Waals surface area (Å²) in [5.74, 6) is -1.94. The lowest BCUT2D eigenvalue weighted by Gasteiger charge is -2.36. The second kappa shape index (κ2) is 10.2. The number of nitrogens with zero attached hydrogens (tertiary/aromatic N) is 2. The fourth-order valence-corrected chi connectivity index (χ4v) is 3.40. The normalized spacial score (nSPS) is 16.6. The number of nitro groups is 1. The third-order valence-corrected chi connectivity index (χ3v) is 5.10. The van der Waals surface area contributed by atoms with Gasteiger partial charge in [0.2, 0.25) is 0 Å². The zero-order valence-electron chi connectivity index (χ0n) is 18.6. The van der Waals surface area contributed by atoms with Gasteiger partial charge in [0.25, 0.3) is 5.69 Å². The van der Waals surface area contributed by atoms with E-state index in [-0.39, 0.29) is 36.2 Å². The fourth-order valence-electron chi connectivity index (χ4n) is 3.40. The van der Waals surface area contributed by atoms with E-state index in [9.17, 15) is 19.7 Å². The average molecular weight is 432 g/mol. The summed E-state index contributed by atoms with van der Waals surface area (Å²) >= 11 is 0. The van der Waals surface area contributed by atoms with Crippen LogP contribution in [0.25, 0.3) is 0 Å². The Morgan fingerprint density at radius 2 is 1.61 bits per heavy atom. The Balaban J connectivity index is 2.63. The molecule has 1 aliphatic heterocycles. The number of non-ortho nitro benzene ring substituents is 1. The number of hydrogen-bond acceptors (Lipinski definition) is 8. The van der Waals surface area contributed by atoms with Gasteiger partial charge in [-0.1, -0.05) is 12.1 Å². The minimum Gasteiger partial charge on any atom is -0.460 e. The number of ether oxygens (including phenoxy) is 3. The van der Waals surface area contributed by atoms with Gasteiger partial charge in [0.1, 0.15) is 6.61 Å². The molecule has 1 unspecified atom stereocenters. The van der Waals surface area contributed by atoms with Gasteiger partial charge in [-0.3, -0.25) is 10.1 Å². The van der Waals surface area contributed by atoms with Crippen molar-refractivity contribution in [3.8, 4) is 0 Å². The van der Waals surface area contributed by atoms with E-state index in [0.29, 0.717) is 17.0 Å². The van der Waals surface area contributed by atoms with E-state index < -0.39 is 22.8 Å². The van der Waals surface area contributed by atoms with Gasteiger partial charge >= 0.3 is 11.9 Å². The molecule has 0 bridgehead atoms. The van der Waals surface area contributed by atoms with Crippen molar-refractivity contribution >= 4 is 17.6 Å². The summed E-state index contributed by atoms with van der Waals surface area (Å²) in [6.45, 7) is 7.29. The van der Waals surface area contributed by atoms with Crippen molar-refractivity contribution in [1.29, 1.82) is 0 Å². The molecule has 1 aliphatic rings. The van der Waals surface area contributed by atoms with Crippen molar-refractivity contribution in [3.63, 3.8) is 0 Å². The maximum atomic E-state index is 13.0. The lowest BCUT2D eigenvalue weighted by molar-refractivity contribution is -0.384. The summed E-state index contributed by atoms with van der Waals surface area (Å²) in [7, 11) is 3.25. The molecule has 0 aromatic heterocycles. The van der Waals surface area contributed by atoms with Crippen molar-refractivity contribution in [2.24, 2.45) is 0 Å². The Bertz CT molecular complexity index is 916. The first kappa shape index (κ1) is 24.1. The predicted octanol–water partition coefficient (Wildman–Crippen LogP) is 3.31. The Morgan fingerprint density at radius 1 is 1.06 bits per heavy atom. The molecule has 9 nitrogen and oxygen atoms in total. The van der Waals surface area contributed by atoms with E-state index in [4.69, 9.17) is 14.2 Å². The number of rotatable bonds is 8. The highest BCUT2D eigenvalue weighted by atomic mass is 16.6. The second-order valence-electron chi connectivity index (χ2n) is 7.42. The van der Waals surface area contributed by atoms with Crippen LogP contribution in [0, 0.1) is 10.1 Å². The van der Waals surface area contributed by atoms with Gasteiger partial charge in [-0.2, -0.15) is 0 Å². The summed E-state index contributed by atoms with van der Waals surface area (Å²) in [6, 6.07) is 5.77. The third kappa shape index (κ3) is 5.29. The van der Waals surface area contributed by atoms with Crippen LogP contribution in [-0.2, 0) is 23.8 Å². The largest absolute Gasteiger partial charge is 0.460 e. The van der Waals surface area contributed by atoms with Crippen LogP contribution in [0.4, 0.5) is 5.69 Å². The SMILES string of the molecule is COCCOC(=O)C1=C(C)N(C)C(C)=C(C(=O)OC(C)C)C1c1ccc([N+](=O)[O-])cc1. The van der Waals surface area contributed by atoms with Crippen LogP contribution >= 0.6 is 0 Å². The third-order valence-electron chi connectivity index (χ3n) is 5.10. The first-order chi connectivity index (χ1) is 14.6. The molecular weight excluding hydrogens is 404 g/mol. The van der Waals surface area contributed by atoms with Crippen molar-refractivity contribution in [1.82, 2.24) is 4.90 Å². The number of allylic oxidation sites excluding steroid dienone is 2.